The molecule has 0 bridgehead atoms. The molecule has 0 aliphatic carbocycles. The first-order chi connectivity index (χ1) is 6.79. The Morgan fingerprint density at radius 3 is 2.50 bits per heavy atom. The van der Waals surface area contributed by atoms with E-state index in [1.807, 2.05) is 30.3 Å². The van der Waals surface area contributed by atoms with Crippen molar-refractivity contribution in [2.24, 2.45) is 5.92 Å². The zero-order valence-corrected chi connectivity index (χ0v) is 8.48. The molecule has 1 aromatic carbocycles. The monoisotopic (exact) mass is 188 g/mol. The number of terminal acetylenes is 1. The maximum atomic E-state index is 9.97. The molecule has 0 fully saturated rings. The molecule has 0 aliphatic rings. The summed E-state index contributed by atoms with van der Waals surface area (Å²) in [6.07, 6.45) is 6.73. The van der Waals surface area contributed by atoms with E-state index in [1.165, 1.54) is 0 Å². The van der Waals surface area contributed by atoms with Crippen molar-refractivity contribution < 1.29 is 5.11 Å². The van der Waals surface area contributed by atoms with Crippen LogP contribution in [0.2, 0.25) is 0 Å². The van der Waals surface area contributed by atoms with Crippen LogP contribution in [0.25, 0.3) is 0 Å². The van der Waals surface area contributed by atoms with E-state index in [2.05, 4.69) is 12.8 Å². The summed E-state index contributed by atoms with van der Waals surface area (Å²) < 4.78 is 0. The van der Waals surface area contributed by atoms with Gasteiger partial charge < -0.3 is 5.11 Å². The summed E-state index contributed by atoms with van der Waals surface area (Å²) in [7, 11) is 0. The maximum Gasteiger partial charge on any atom is 0.0927 e. The summed E-state index contributed by atoms with van der Waals surface area (Å²) >= 11 is 0. The topological polar surface area (TPSA) is 20.2 Å². The van der Waals surface area contributed by atoms with E-state index in [0.29, 0.717) is 0 Å². The molecule has 0 aromatic heterocycles. The summed E-state index contributed by atoms with van der Waals surface area (Å²) in [4.78, 5) is 0. The lowest BCUT2D eigenvalue weighted by atomic mass is 9.93. The van der Waals surface area contributed by atoms with E-state index in [4.69, 9.17) is 6.42 Å². The number of aliphatic hydroxyl groups excluding tert-OH is 1. The molecule has 74 valence electrons. The van der Waals surface area contributed by atoms with Gasteiger partial charge in [-0.05, 0) is 12.0 Å². The minimum Gasteiger partial charge on any atom is -0.387 e. The van der Waals surface area contributed by atoms with Crippen LogP contribution in [-0.4, -0.2) is 5.11 Å². The van der Waals surface area contributed by atoms with Gasteiger partial charge in [0.25, 0.3) is 0 Å². The molecule has 2 unspecified atom stereocenters. The highest BCUT2D eigenvalue weighted by Gasteiger charge is 2.17. The lowest BCUT2D eigenvalue weighted by Gasteiger charge is -2.17. The Hall–Kier alpha value is -1.26. The van der Waals surface area contributed by atoms with E-state index in [1.54, 1.807) is 0 Å². The minimum atomic E-state index is -0.527. The van der Waals surface area contributed by atoms with Crippen LogP contribution in [0.4, 0.5) is 0 Å². The molecule has 0 saturated carbocycles. The van der Waals surface area contributed by atoms with Gasteiger partial charge in [-0.3, -0.25) is 0 Å². The van der Waals surface area contributed by atoms with Gasteiger partial charge in [-0.1, -0.05) is 43.7 Å². The average molecular weight is 188 g/mol. The number of hydrogen-bond donors (Lipinski definition) is 1. The Morgan fingerprint density at radius 1 is 1.36 bits per heavy atom. The highest BCUT2D eigenvalue weighted by molar-refractivity contribution is 5.20. The van der Waals surface area contributed by atoms with Crippen molar-refractivity contribution in [2.45, 2.75) is 25.9 Å². The lowest BCUT2D eigenvalue weighted by molar-refractivity contribution is 0.131. The fraction of sp³-hybridized carbons (Fsp3) is 0.385. The van der Waals surface area contributed by atoms with Crippen LogP contribution in [0.5, 0.6) is 0 Å². The third kappa shape index (κ3) is 2.61. The van der Waals surface area contributed by atoms with E-state index in [-0.39, 0.29) is 5.92 Å². The van der Waals surface area contributed by atoms with E-state index in [9.17, 15) is 5.11 Å². The van der Waals surface area contributed by atoms with Crippen LogP contribution in [-0.2, 0) is 0 Å². The van der Waals surface area contributed by atoms with Crippen LogP contribution in [0, 0.1) is 18.3 Å². The molecule has 0 amide bonds. The van der Waals surface area contributed by atoms with Gasteiger partial charge in [0.15, 0.2) is 0 Å². The summed E-state index contributed by atoms with van der Waals surface area (Å²) in [5.74, 6) is 2.58. The quantitative estimate of drug-likeness (QED) is 0.720. The Bertz CT molecular complexity index is 297. The molecule has 1 nitrogen and oxygen atoms in total. The molecule has 1 rings (SSSR count). The number of hydrogen-bond acceptors (Lipinski definition) is 1. The van der Waals surface area contributed by atoms with Crippen molar-refractivity contribution in [1.82, 2.24) is 0 Å². The molecule has 1 N–H and O–H groups in total. The zero-order chi connectivity index (χ0) is 10.4. The van der Waals surface area contributed by atoms with Gasteiger partial charge in [0, 0.05) is 0 Å². The first-order valence-corrected chi connectivity index (χ1v) is 4.98. The van der Waals surface area contributed by atoms with Crippen LogP contribution in [0.15, 0.2) is 30.3 Å². The Balaban J connectivity index is 2.74. The summed E-state index contributed by atoms with van der Waals surface area (Å²) in [6.45, 7) is 2.07. The molecule has 2 atom stereocenters. The number of benzene rings is 1. The second-order valence-electron chi connectivity index (χ2n) is 3.42. The highest BCUT2D eigenvalue weighted by atomic mass is 16.3. The molecule has 14 heavy (non-hydrogen) atoms. The van der Waals surface area contributed by atoms with Crippen LogP contribution in [0.3, 0.4) is 0 Å². The van der Waals surface area contributed by atoms with Gasteiger partial charge >= 0.3 is 0 Å². The highest BCUT2D eigenvalue weighted by Crippen LogP contribution is 2.24. The first kappa shape index (κ1) is 10.8. The predicted octanol–water partition coefficient (Wildman–Crippen LogP) is 2.77. The Kier molecular flexibility index (Phi) is 4.22. The standard InChI is InChI=1S/C13H16O/c1-3-8-11(4-2)13(14)12-9-6-5-7-10-12/h2,5-7,9-11,13-14H,3,8H2,1H3. The maximum absolute atomic E-state index is 9.97. The Labute approximate surface area is 85.8 Å². The van der Waals surface area contributed by atoms with Gasteiger partial charge in [0.05, 0.1) is 12.0 Å². The van der Waals surface area contributed by atoms with Gasteiger partial charge in [-0.2, -0.15) is 0 Å². The van der Waals surface area contributed by atoms with Crippen molar-refractivity contribution in [3.05, 3.63) is 35.9 Å². The SMILES string of the molecule is C#CC(CCC)C(O)c1ccccc1. The molecule has 0 heterocycles. The largest absolute Gasteiger partial charge is 0.387 e. The summed E-state index contributed by atoms with van der Waals surface area (Å²) in [5, 5.41) is 9.97. The molecule has 1 heteroatoms. The predicted molar refractivity (Wildman–Crippen MR) is 58.6 cm³/mol. The first-order valence-electron chi connectivity index (χ1n) is 4.98. The molecule has 0 saturated heterocycles. The zero-order valence-electron chi connectivity index (χ0n) is 8.48. The fourth-order valence-corrected chi connectivity index (χ4v) is 1.53. The molecule has 1 aromatic rings. The smallest absolute Gasteiger partial charge is 0.0927 e. The Morgan fingerprint density at radius 2 is 2.00 bits per heavy atom. The van der Waals surface area contributed by atoms with Crippen molar-refractivity contribution in [2.75, 3.05) is 0 Å². The molecular weight excluding hydrogens is 172 g/mol. The third-order valence-corrected chi connectivity index (χ3v) is 2.34. The van der Waals surface area contributed by atoms with Gasteiger partial charge in [-0.15, -0.1) is 12.3 Å². The van der Waals surface area contributed by atoms with Crippen LogP contribution < -0.4 is 0 Å². The van der Waals surface area contributed by atoms with Crippen molar-refractivity contribution >= 4 is 0 Å². The van der Waals surface area contributed by atoms with Crippen LogP contribution >= 0.6 is 0 Å². The molecule has 0 aliphatic heterocycles. The number of rotatable bonds is 4. The normalized spacial score (nSPS) is 14.4. The van der Waals surface area contributed by atoms with Crippen molar-refractivity contribution in [3.63, 3.8) is 0 Å². The second-order valence-corrected chi connectivity index (χ2v) is 3.42. The van der Waals surface area contributed by atoms with E-state index < -0.39 is 6.10 Å². The second kappa shape index (κ2) is 5.47. The fourth-order valence-electron chi connectivity index (χ4n) is 1.53. The number of aliphatic hydroxyl groups is 1. The van der Waals surface area contributed by atoms with Gasteiger partial charge in [0.1, 0.15) is 0 Å². The van der Waals surface area contributed by atoms with Crippen molar-refractivity contribution in [3.8, 4) is 12.3 Å². The molecule has 0 spiro atoms. The molecular formula is C13H16O. The lowest BCUT2D eigenvalue weighted by Crippen LogP contribution is -2.10. The molecule has 0 radical (unpaired) electrons. The van der Waals surface area contributed by atoms with Crippen LogP contribution in [0.1, 0.15) is 31.4 Å². The van der Waals surface area contributed by atoms with E-state index >= 15 is 0 Å². The third-order valence-electron chi connectivity index (χ3n) is 2.34. The van der Waals surface area contributed by atoms with E-state index in [0.717, 1.165) is 18.4 Å². The van der Waals surface area contributed by atoms with Gasteiger partial charge in [0.2, 0.25) is 0 Å². The summed E-state index contributed by atoms with van der Waals surface area (Å²) in [5.41, 5.74) is 0.906. The summed E-state index contributed by atoms with van der Waals surface area (Å²) in [6, 6.07) is 9.58. The minimum absolute atomic E-state index is 0.0672. The van der Waals surface area contributed by atoms with Gasteiger partial charge in [-0.25, -0.2) is 0 Å². The average Bonchev–Trinajstić information content (AvgIpc) is 2.26. The van der Waals surface area contributed by atoms with Crippen molar-refractivity contribution in [1.29, 1.82) is 0 Å².